The van der Waals surface area contributed by atoms with E-state index in [9.17, 15) is 14.7 Å². The molecule has 0 fully saturated rings. The summed E-state index contributed by atoms with van der Waals surface area (Å²) in [6, 6.07) is 0. The molecule has 0 aliphatic heterocycles. The summed E-state index contributed by atoms with van der Waals surface area (Å²) in [7, 11) is 0. The Morgan fingerprint density at radius 2 is 0.544 bits per heavy atom. The zero-order chi connectivity index (χ0) is 56.9. The maximum atomic E-state index is 12.4. The van der Waals surface area contributed by atoms with Crippen molar-refractivity contribution >= 4 is 11.9 Å². The number of carbonyl (C=O) groups excluding carboxylic acids is 2. The van der Waals surface area contributed by atoms with Gasteiger partial charge in [0.1, 0.15) is 6.61 Å². The Morgan fingerprint density at radius 3 is 0.823 bits per heavy atom. The van der Waals surface area contributed by atoms with Gasteiger partial charge < -0.3 is 14.6 Å². The molecule has 0 radical (unpaired) electrons. The van der Waals surface area contributed by atoms with E-state index in [-0.39, 0.29) is 25.2 Å². The van der Waals surface area contributed by atoms with Gasteiger partial charge in [0, 0.05) is 12.8 Å². The van der Waals surface area contributed by atoms with Crippen molar-refractivity contribution in [3.8, 4) is 0 Å². The second-order valence-electron chi connectivity index (χ2n) is 22.5. The lowest BCUT2D eigenvalue weighted by Gasteiger charge is -2.15. The standard InChI is InChI=1S/C74H128O5/c1-3-5-7-9-11-13-15-17-19-21-23-25-27-29-30-31-32-33-34-35-36-37-38-39-40-41-42-43-44-45-47-49-51-53-55-57-59-61-63-65-67-69-74(77)79-72(70-75)71-78-73(76)68-66-64-62-60-58-56-54-52-50-48-46-28-26-24-22-20-18-16-14-12-10-8-6-4-2/h5,7,11,13,17,19,23,25,29-30,32-33,35-36,38-39,41-42,72,75H,3-4,6,8-10,12,14-16,18,20-22,24,26-28,31,34,37,40,43-71H2,1-2H3/b7-5-,13-11-,19-17-,25-23-,30-29-,33-32-,36-35-,39-38-,42-41-. The predicted molar refractivity (Wildman–Crippen MR) is 348 cm³/mol. The molecule has 5 nitrogen and oxygen atoms in total. The number of unbranched alkanes of at least 4 members (excludes halogenated alkanes) is 36. The van der Waals surface area contributed by atoms with Crippen LogP contribution in [0, 0.1) is 0 Å². The number of carbonyl (C=O) groups is 2. The van der Waals surface area contributed by atoms with Crippen molar-refractivity contribution in [1.29, 1.82) is 0 Å². The van der Waals surface area contributed by atoms with Crippen LogP contribution in [0.2, 0.25) is 0 Å². The van der Waals surface area contributed by atoms with Crippen LogP contribution in [0.5, 0.6) is 0 Å². The second-order valence-corrected chi connectivity index (χ2v) is 22.5. The van der Waals surface area contributed by atoms with Crippen molar-refractivity contribution in [2.24, 2.45) is 0 Å². The molecule has 5 heteroatoms. The summed E-state index contributed by atoms with van der Waals surface area (Å²) in [6.07, 6.45) is 99.6. The molecular weight excluding hydrogens is 969 g/mol. The molecule has 0 aromatic rings. The van der Waals surface area contributed by atoms with E-state index in [1.165, 1.54) is 205 Å². The fraction of sp³-hybridized carbons (Fsp3) is 0.730. The van der Waals surface area contributed by atoms with E-state index in [0.29, 0.717) is 12.8 Å². The monoisotopic (exact) mass is 1100 g/mol. The minimum atomic E-state index is -0.777. The van der Waals surface area contributed by atoms with E-state index in [0.717, 1.165) is 96.3 Å². The van der Waals surface area contributed by atoms with Gasteiger partial charge in [-0.3, -0.25) is 9.59 Å². The van der Waals surface area contributed by atoms with Crippen LogP contribution in [0.1, 0.15) is 328 Å². The summed E-state index contributed by atoms with van der Waals surface area (Å²) in [5, 5.41) is 9.69. The molecule has 1 atom stereocenters. The van der Waals surface area contributed by atoms with Crippen LogP contribution >= 0.6 is 0 Å². The first-order valence-electron chi connectivity index (χ1n) is 33.9. The molecule has 0 amide bonds. The van der Waals surface area contributed by atoms with Crippen molar-refractivity contribution in [1.82, 2.24) is 0 Å². The maximum absolute atomic E-state index is 12.4. The highest BCUT2D eigenvalue weighted by Crippen LogP contribution is 2.18. The highest BCUT2D eigenvalue weighted by Gasteiger charge is 2.16. The summed E-state index contributed by atoms with van der Waals surface area (Å²) in [4.78, 5) is 24.6. The zero-order valence-corrected chi connectivity index (χ0v) is 52.1. The van der Waals surface area contributed by atoms with Gasteiger partial charge in [0.05, 0.1) is 6.61 Å². The maximum Gasteiger partial charge on any atom is 0.306 e. The van der Waals surface area contributed by atoms with E-state index in [2.05, 4.69) is 123 Å². The van der Waals surface area contributed by atoms with Gasteiger partial charge in [-0.25, -0.2) is 0 Å². The fourth-order valence-electron chi connectivity index (χ4n) is 9.79. The molecule has 1 N–H and O–H groups in total. The number of esters is 2. The Labute approximate surface area is 491 Å². The highest BCUT2D eigenvalue weighted by molar-refractivity contribution is 5.70. The van der Waals surface area contributed by atoms with Crippen LogP contribution in [-0.2, 0) is 19.1 Å². The SMILES string of the molecule is CC/C=C\C/C=C\C/C=C\C/C=C\C/C=C\C/C=C\C/C=C\C/C=C\C/C=C\CCCCCCCCCCCCCCCC(=O)OC(CO)COC(=O)CCCCCCCCCCCCCCCCCCCCCCCCCC. The predicted octanol–water partition coefficient (Wildman–Crippen LogP) is 23.6. The molecule has 0 saturated heterocycles. The lowest BCUT2D eigenvalue weighted by Crippen LogP contribution is -2.28. The minimum Gasteiger partial charge on any atom is -0.462 e. The van der Waals surface area contributed by atoms with Crippen molar-refractivity contribution in [2.75, 3.05) is 13.2 Å². The van der Waals surface area contributed by atoms with Crippen LogP contribution in [0.4, 0.5) is 0 Å². The minimum absolute atomic E-state index is 0.0656. The van der Waals surface area contributed by atoms with Gasteiger partial charge in [-0.15, -0.1) is 0 Å². The van der Waals surface area contributed by atoms with Crippen LogP contribution in [-0.4, -0.2) is 36.4 Å². The normalized spacial score (nSPS) is 12.9. The molecule has 0 spiro atoms. The molecule has 0 aliphatic rings. The lowest BCUT2D eigenvalue weighted by atomic mass is 10.0. The first-order chi connectivity index (χ1) is 39.1. The summed E-state index contributed by atoms with van der Waals surface area (Å²) in [5.41, 5.74) is 0. The molecule has 0 saturated carbocycles. The number of aliphatic hydroxyl groups is 1. The van der Waals surface area contributed by atoms with Crippen molar-refractivity contribution in [3.63, 3.8) is 0 Å². The average molecular weight is 1100 g/mol. The Morgan fingerprint density at radius 1 is 0.304 bits per heavy atom. The van der Waals surface area contributed by atoms with Crippen LogP contribution in [0.15, 0.2) is 109 Å². The van der Waals surface area contributed by atoms with E-state index >= 15 is 0 Å². The lowest BCUT2D eigenvalue weighted by molar-refractivity contribution is -0.161. The van der Waals surface area contributed by atoms with Gasteiger partial charge in [0.15, 0.2) is 6.10 Å². The summed E-state index contributed by atoms with van der Waals surface area (Å²) in [6.45, 7) is 4.06. The fourth-order valence-corrected chi connectivity index (χ4v) is 9.79. The zero-order valence-electron chi connectivity index (χ0n) is 52.1. The van der Waals surface area contributed by atoms with Gasteiger partial charge in [0.25, 0.3) is 0 Å². The molecule has 79 heavy (non-hydrogen) atoms. The number of hydrogen-bond acceptors (Lipinski definition) is 5. The van der Waals surface area contributed by atoms with E-state index in [1.54, 1.807) is 0 Å². The Kier molecular flexibility index (Phi) is 65.8. The molecule has 0 aliphatic carbocycles. The second kappa shape index (κ2) is 68.8. The summed E-state index contributed by atoms with van der Waals surface area (Å²) in [5.74, 6) is -0.580. The molecule has 1 unspecified atom stereocenters. The molecule has 0 heterocycles. The Hall–Kier alpha value is -3.44. The van der Waals surface area contributed by atoms with E-state index in [1.807, 2.05) is 0 Å². The first kappa shape index (κ1) is 75.6. The molecular formula is C74H128O5. The van der Waals surface area contributed by atoms with Crippen LogP contribution < -0.4 is 0 Å². The average Bonchev–Trinajstić information content (AvgIpc) is 3.45. The third-order valence-corrected chi connectivity index (χ3v) is 14.8. The molecule has 0 aromatic heterocycles. The number of aliphatic hydroxyl groups excluding tert-OH is 1. The van der Waals surface area contributed by atoms with Gasteiger partial charge >= 0.3 is 11.9 Å². The van der Waals surface area contributed by atoms with Crippen molar-refractivity contribution < 1.29 is 24.2 Å². The number of rotatable bonds is 62. The molecule has 454 valence electrons. The molecule has 0 rings (SSSR count). The van der Waals surface area contributed by atoms with Crippen LogP contribution in [0.3, 0.4) is 0 Å². The van der Waals surface area contributed by atoms with Gasteiger partial charge in [0.2, 0.25) is 0 Å². The number of ether oxygens (including phenoxy) is 2. The molecule has 0 aromatic carbocycles. The van der Waals surface area contributed by atoms with E-state index in [4.69, 9.17) is 9.47 Å². The first-order valence-corrected chi connectivity index (χ1v) is 33.9. The summed E-state index contributed by atoms with van der Waals surface area (Å²) < 4.78 is 10.7. The van der Waals surface area contributed by atoms with Gasteiger partial charge in [-0.2, -0.15) is 0 Å². The number of hydrogen-bond donors (Lipinski definition) is 1. The van der Waals surface area contributed by atoms with Gasteiger partial charge in [-0.1, -0.05) is 342 Å². The van der Waals surface area contributed by atoms with Crippen molar-refractivity contribution in [3.05, 3.63) is 109 Å². The smallest absolute Gasteiger partial charge is 0.306 e. The topological polar surface area (TPSA) is 72.8 Å². The van der Waals surface area contributed by atoms with Gasteiger partial charge in [-0.05, 0) is 83.5 Å². The largest absolute Gasteiger partial charge is 0.462 e. The van der Waals surface area contributed by atoms with E-state index < -0.39 is 6.10 Å². The summed E-state index contributed by atoms with van der Waals surface area (Å²) >= 11 is 0. The Balaban J connectivity index is 3.50. The van der Waals surface area contributed by atoms with Crippen molar-refractivity contribution in [2.45, 2.75) is 335 Å². The highest BCUT2D eigenvalue weighted by atomic mass is 16.6. The number of allylic oxidation sites excluding steroid dienone is 18. The molecule has 0 bridgehead atoms. The third kappa shape index (κ3) is 67.0. The third-order valence-electron chi connectivity index (χ3n) is 14.8. The Bertz CT molecular complexity index is 1520. The quantitative estimate of drug-likeness (QED) is 0.0373. The van der Waals surface area contributed by atoms with Crippen LogP contribution in [0.25, 0.3) is 0 Å².